The first-order valence-electron chi connectivity index (χ1n) is 13.3. The summed E-state index contributed by atoms with van der Waals surface area (Å²) >= 11 is 7.26. The highest BCUT2D eigenvalue weighted by Gasteiger charge is 2.23. The minimum absolute atomic E-state index is 0.0905. The number of hydrogen-bond donors (Lipinski definition) is 1. The Bertz CT molecular complexity index is 1150. The van der Waals surface area contributed by atoms with Crippen LogP contribution >= 0.6 is 22.9 Å². The Morgan fingerprint density at radius 3 is 2.62 bits per heavy atom. The van der Waals surface area contributed by atoms with Gasteiger partial charge in [0, 0.05) is 48.4 Å². The van der Waals surface area contributed by atoms with Crippen molar-refractivity contribution in [3.63, 3.8) is 0 Å². The van der Waals surface area contributed by atoms with E-state index >= 15 is 0 Å². The van der Waals surface area contributed by atoms with Crippen molar-refractivity contribution in [2.75, 3.05) is 71.0 Å². The number of alkyl carbamates (subject to hydrolysis) is 1. The van der Waals surface area contributed by atoms with Gasteiger partial charge in [0.1, 0.15) is 18.1 Å². The van der Waals surface area contributed by atoms with Crippen molar-refractivity contribution >= 4 is 62.6 Å². The number of carbonyl (C=O) groups is 2. The van der Waals surface area contributed by atoms with Gasteiger partial charge >= 0.3 is 6.09 Å². The molecule has 0 atom stereocenters. The van der Waals surface area contributed by atoms with Crippen molar-refractivity contribution < 1.29 is 23.8 Å². The number of aliphatic imine (C=N–C) groups is 1. The highest BCUT2D eigenvalue weighted by atomic mass is 35.5. The molecule has 9 nitrogen and oxygen atoms in total. The van der Waals surface area contributed by atoms with Crippen LogP contribution in [0, 0.1) is 0 Å². The Kier molecular flexibility index (Phi) is 13.0. The SMILES string of the molecule is CC1=N/C(=C\c2cc3ccc(N(C)CCOC(=O)NCCOCCOCCCCCCCl)cc3s2)C(=O)N1C. The lowest BCUT2D eigenvalue weighted by molar-refractivity contribution is -0.121. The molecule has 1 N–H and O–H groups in total. The second-order valence-corrected chi connectivity index (χ2v) is 10.7. The van der Waals surface area contributed by atoms with E-state index in [2.05, 4.69) is 28.5 Å². The van der Waals surface area contributed by atoms with Gasteiger partial charge in [0.15, 0.2) is 0 Å². The lowest BCUT2D eigenvalue weighted by atomic mass is 10.2. The van der Waals surface area contributed by atoms with Gasteiger partial charge in [0.2, 0.25) is 0 Å². The highest BCUT2D eigenvalue weighted by Crippen LogP contribution is 2.31. The quantitative estimate of drug-likeness (QED) is 0.159. The van der Waals surface area contributed by atoms with Crippen LogP contribution in [0.25, 0.3) is 16.2 Å². The summed E-state index contributed by atoms with van der Waals surface area (Å²) in [4.78, 5) is 33.1. The van der Waals surface area contributed by atoms with E-state index in [1.165, 1.54) is 0 Å². The van der Waals surface area contributed by atoms with Crippen LogP contribution in [0.3, 0.4) is 0 Å². The molecule has 0 aliphatic carbocycles. The number of nitrogens with zero attached hydrogens (tertiary/aromatic N) is 3. The third-order valence-electron chi connectivity index (χ3n) is 6.25. The predicted molar refractivity (Wildman–Crippen MR) is 159 cm³/mol. The number of benzene rings is 1. The van der Waals surface area contributed by atoms with Crippen molar-refractivity contribution in [3.8, 4) is 0 Å². The van der Waals surface area contributed by atoms with E-state index in [9.17, 15) is 9.59 Å². The highest BCUT2D eigenvalue weighted by molar-refractivity contribution is 7.19. The minimum Gasteiger partial charge on any atom is -0.448 e. The second kappa shape index (κ2) is 16.4. The Balaban J connectivity index is 1.30. The van der Waals surface area contributed by atoms with Crippen LogP contribution in [0.2, 0.25) is 0 Å². The van der Waals surface area contributed by atoms with Crippen LogP contribution < -0.4 is 10.2 Å². The number of anilines is 1. The van der Waals surface area contributed by atoms with E-state index in [-0.39, 0.29) is 12.5 Å². The predicted octanol–water partition coefficient (Wildman–Crippen LogP) is 5.13. The van der Waals surface area contributed by atoms with Crippen molar-refractivity contribution in [3.05, 3.63) is 34.8 Å². The van der Waals surface area contributed by atoms with Crippen molar-refractivity contribution in [2.45, 2.75) is 32.6 Å². The van der Waals surface area contributed by atoms with E-state index in [4.69, 9.17) is 25.8 Å². The summed E-state index contributed by atoms with van der Waals surface area (Å²) in [5.74, 6) is 1.33. The molecule has 0 spiro atoms. The van der Waals surface area contributed by atoms with E-state index in [0.29, 0.717) is 44.4 Å². The van der Waals surface area contributed by atoms with Gasteiger partial charge in [-0.15, -0.1) is 22.9 Å². The smallest absolute Gasteiger partial charge is 0.407 e. The monoisotopic (exact) mass is 578 g/mol. The molecule has 39 heavy (non-hydrogen) atoms. The molecule has 0 unspecified atom stereocenters. The molecule has 3 rings (SSSR count). The molecule has 0 saturated heterocycles. The van der Waals surface area contributed by atoms with Gasteiger partial charge in [-0.3, -0.25) is 9.69 Å². The van der Waals surface area contributed by atoms with E-state index in [1.807, 2.05) is 31.0 Å². The molecule has 2 heterocycles. The number of likely N-dealkylation sites (N-methyl/N-ethyl adjacent to an activating group) is 2. The van der Waals surface area contributed by atoms with Crippen LogP contribution in [-0.2, 0) is 19.0 Å². The number of halogens is 1. The van der Waals surface area contributed by atoms with Crippen LogP contribution in [0.1, 0.15) is 37.5 Å². The number of ether oxygens (including phenoxy) is 3. The summed E-state index contributed by atoms with van der Waals surface area (Å²) < 4.78 is 17.4. The fourth-order valence-corrected chi connectivity index (χ4v) is 5.07. The molecule has 2 aromatic rings. The Morgan fingerprint density at radius 1 is 1.10 bits per heavy atom. The van der Waals surface area contributed by atoms with Gasteiger partial charge in [0.25, 0.3) is 5.91 Å². The largest absolute Gasteiger partial charge is 0.448 e. The first-order chi connectivity index (χ1) is 18.9. The molecule has 1 aliphatic rings. The zero-order valence-electron chi connectivity index (χ0n) is 23.0. The zero-order valence-corrected chi connectivity index (χ0v) is 24.6. The molecule has 1 aromatic carbocycles. The van der Waals surface area contributed by atoms with Gasteiger partial charge in [-0.2, -0.15) is 0 Å². The van der Waals surface area contributed by atoms with E-state index < -0.39 is 6.09 Å². The van der Waals surface area contributed by atoms with Crippen LogP contribution in [0.4, 0.5) is 10.5 Å². The molecule has 11 heteroatoms. The lowest BCUT2D eigenvalue weighted by Gasteiger charge is -2.19. The molecule has 0 fully saturated rings. The first-order valence-corrected chi connectivity index (χ1v) is 14.7. The molecular formula is C28H39ClN4O5S. The Hall–Kier alpha value is -2.66. The number of unbranched alkanes of at least 4 members (excludes halogenated alkanes) is 3. The number of amides is 2. The summed E-state index contributed by atoms with van der Waals surface area (Å²) in [6.45, 7) is 5.21. The topological polar surface area (TPSA) is 92.7 Å². The van der Waals surface area contributed by atoms with Crippen molar-refractivity contribution in [1.82, 2.24) is 10.2 Å². The summed E-state index contributed by atoms with van der Waals surface area (Å²) in [6.07, 6.45) is 5.75. The van der Waals surface area contributed by atoms with Gasteiger partial charge in [-0.1, -0.05) is 18.9 Å². The van der Waals surface area contributed by atoms with Crippen molar-refractivity contribution in [1.29, 1.82) is 0 Å². The average Bonchev–Trinajstić information content (AvgIpc) is 3.43. The summed E-state index contributed by atoms with van der Waals surface area (Å²) in [6, 6.07) is 8.25. The Morgan fingerprint density at radius 2 is 1.87 bits per heavy atom. The maximum Gasteiger partial charge on any atom is 0.407 e. The minimum atomic E-state index is -0.461. The number of nitrogens with one attached hydrogen (secondary N) is 1. The number of hydrogen-bond acceptors (Lipinski definition) is 8. The molecule has 2 amide bonds. The molecule has 1 aromatic heterocycles. The summed E-state index contributed by atoms with van der Waals surface area (Å²) in [7, 11) is 3.68. The molecular weight excluding hydrogens is 540 g/mol. The lowest BCUT2D eigenvalue weighted by Crippen LogP contribution is -2.31. The summed E-state index contributed by atoms with van der Waals surface area (Å²) in [5.41, 5.74) is 1.47. The van der Waals surface area contributed by atoms with Crippen molar-refractivity contribution in [2.24, 2.45) is 4.99 Å². The molecule has 0 bridgehead atoms. The fraction of sp³-hybridized carbons (Fsp3) is 0.536. The van der Waals surface area contributed by atoms with E-state index in [1.54, 1.807) is 23.3 Å². The van der Waals surface area contributed by atoms with Gasteiger partial charge < -0.3 is 24.4 Å². The molecule has 214 valence electrons. The maximum atomic E-state index is 12.3. The van der Waals surface area contributed by atoms with Crippen LogP contribution in [0.15, 0.2) is 35.0 Å². The number of rotatable bonds is 17. The number of carbonyl (C=O) groups excluding carboxylic acids is 2. The second-order valence-electron chi connectivity index (χ2n) is 9.24. The average molecular weight is 579 g/mol. The van der Waals surface area contributed by atoms with Crippen LogP contribution in [-0.4, -0.2) is 88.8 Å². The van der Waals surface area contributed by atoms with E-state index in [0.717, 1.165) is 58.8 Å². The number of thiophene rings is 1. The molecule has 0 radical (unpaired) electrons. The maximum absolute atomic E-state index is 12.3. The van der Waals surface area contributed by atoms with Gasteiger partial charge in [-0.25, -0.2) is 9.79 Å². The van der Waals surface area contributed by atoms with Gasteiger partial charge in [-0.05, 0) is 49.4 Å². The number of alkyl halides is 1. The number of fused-ring (bicyclic) bond motifs is 1. The third kappa shape index (κ3) is 10.1. The first kappa shape index (κ1) is 30.9. The zero-order chi connectivity index (χ0) is 28.0. The number of amidine groups is 1. The fourth-order valence-electron chi connectivity index (χ4n) is 3.85. The standard InChI is InChI=1S/C28H39ClN4O5S/c1-21-31-25(27(34)33(21)3)20-24-18-22-8-9-23(19-26(22)39-24)32(2)12-15-38-28(35)30-11-14-37-17-16-36-13-7-5-4-6-10-29/h8-9,18-20H,4-7,10-17H2,1-3H3,(H,30,35)/b25-20-. The van der Waals surface area contributed by atoms with Crippen LogP contribution in [0.5, 0.6) is 0 Å². The van der Waals surface area contributed by atoms with Gasteiger partial charge in [0.05, 0.1) is 26.4 Å². The molecule has 1 aliphatic heterocycles. The Labute approximate surface area is 239 Å². The molecule has 0 saturated carbocycles. The third-order valence-corrected chi connectivity index (χ3v) is 7.57. The summed E-state index contributed by atoms with van der Waals surface area (Å²) in [5, 5.41) is 3.80. The normalized spacial score (nSPS) is 14.4.